The van der Waals surface area contributed by atoms with Gasteiger partial charge in [-0.15, -0.1) is 0 Å². The van der Waals surface area contributed by atoms with Crippen LogP contribution in [0.1, 0.15) is 70.6 Å². The van der Waals surface area contributed by atoms with Crippen LogP contribution in [0.15, 0.2) is 0 Å². The van der Waals surface area contributed by atoms with Crippen molar-refractivity contribution in [2.45, 2.75) is 76.7 Å². The van der Waals surface area contributed by atoms with E-state index in [2.05, 4.69) is 0 Å². The molecule has 4 aliphatic carbocycles. The number of nitrogens with two attached hydrogens (primary N) is 1. The molecular weight excluding hydrogens is 262 g/mol. The van der Waals surface area contributed by atoms with Gasteiger partial charge in [0.2, 0.25) is 0 Å². The van der Waals surface area contributed by atoms with Gasteiger partial charge in [0.1, 0.15) is 6.10 Å². The van der Waals surface area contributed by atoms with E-state index < -0.39 is 0 Å². The average Bonchev–Trinajstić information content (AvgIpc) is 2.46. The first-order valence-corrected chi connectivity index (χ1v) is 9.15. The first-order chi connectivity index (χ1) is 10.3. The number of unbranched alkanes of at least 4 members (excludes halogenated alkanes) is 4. The van der Waals surface area contributed by atoms with Gasteiger partial charge in [0.15, 0.2) is 0 Å². The van der Waals surface area contributed by atoms with Gasteiger partial charge < -0.3 is 10.5 Å². The van der Waals surface area contributed by atoms with Gasteiger partial charge in [-0.3, -0.25) is 4.79 Å². The Morgan fingerprint density at radius 1 is 0.857 bits per heavy atom. The van der Waals surface area contributed by atoms with E-state index in [4.69, 9.17) is 10.5 Å². The summed E-state index contributed by atoms with van der Waals surface area (Å²) in [6.45, 7) is 0.786. The summed E-state index contributed by atoms with van der Waals surface area (Å²) < 4.78 is 5.90. The van der Waals surface area contributed by atoms with Crippen LogP contribution >= 0.6 is 0 Å². The van der Waals surface area contributed by atoms with E-state index in [1.54, 1.807) is 0 Å². The van der Waals surface area contributed by atoms with Gasteiger partial charge in [-0.1, -0.05) is 19.3 Å². The molecule has 0 aliphatic heterocycles. The molecule has 4 bridgehead atoms. The lowest BCUT2D eigenvalue weighted by molar-refractivity contribution is -0.170. The Morgan fingerprint density at radius 3 is 2.05 bits per heavy atom. The quantitative estimate of drug-likeness (QED) is 0.549. The molecule has 0 heterocycles. The first-order valence-electron chi connectivity index (χ1n) is 9.15. The van der Waals surface area contributed by atoms with E-state index in [0.717, 1.165) is 37.6 Å². The zero-order valence-corrected chi connectivity index (χ0v) is 13.3. The molecule has 4 fully saturated rings. The fraction of sp³-hybridized carbons (Fsp3) is 0.944. The molecular formula is C18H31NO2. The van der Waals surface area contributed by atoms with Crippen LogP contribution in [0, 0.1) is 23.7 Å². The zero-order chi connectivity index (χ0) is 14.7. The minimum Gasteiger partial charge on any atom is -0.462 e. The van der Waals surface area contributed by atoms with Crippen molar-refractivity contribution < 1.29 is 9.53 Å². The van der Waals surface area contributed by atoms with Crippen molar-refractivity contribution in [2.75, 3.05) is 6.54 Å². The van der Waals surface area contributed by atoms with Gasteiger partial charge in [0, 0.05) is 6.42 Å². The maximum absolute atomic E-state index is 12.1. The van der Waals surface area contributed by atoms with Crippen molar-refractivity contribution >= 4 is 5.97 Å². The highest BCUT2D eigenvalue weighted by atomic mass is 16.5. The molecule has 3 heteroatoms. The highest BCUT2D eigenvalue weighted by Gasteiger charge is 2.49. The predicted octanol–water partition coefficient (Wildman–Crippen LogP) is 3.65. The maximum atomic E-state index is 12.1. The molecule has 0 aromatic carbocycles. The smallest absolute Gasteiger partial charge is 0.306 e. The third kappa shape index (κ3) is 3.80. The summed E-state index contributed by atoms with van der Waals surface area (Å²) in [6.07, 6.45) is 13.3. The van der Waals surface area contributed by atoms with Crippen LogP contribution in [-0.2, 0) is 9.53 Å². The summed E-state index contributed by atoms with van der Waals surface area (Å²) in [5.74, 6) is 3.34. The first kappa shape index (κ1) is 15.3. The lowest BCUT2D eigenvalue weighted by Crippen LogP contribution is -2.50. The van der Waals surface area contributed by atoms with Crippen molar-refractivity contribution in [2.24, 2.45) is 29.4 Å². The molecule has 4 saturated carbocycles. The molecule has 2 N–H and O–H groups in total. The summed E-state index contributed by atoms with van der Waals surface area (Å²) in [4.78, 5) is 12.1. The Morgan fingerprint density at radius 2 is 1.43 bits per heavy atom. The van der Waals surface area contributed by atoms with Gasteiger partial charge in [0.05, 0.1) is 0 Å². The van der Waals surface area contributed by atoms with Crippen molar-refractivity contribution in [3.63, 3.8) is 0 Å². The molecule has 0 atom stereocenters. The molecule has 0 unspecified atom stereocenters. The topological polar surface area (TPSA) is 52.3 Å². The third-order valence-corrected chi connectivity index (χ3v) is 5.99. The lowest BCUT2D eigenvalue weighted by Gasteiger charge is -2.53. The summed E-state index contributed by atoms with van der Waals surface area (Å²) in [5.41, 5.74) is 5.48. The molecule has 21 heavy (non-hydrogen) atoms. The van der Waals surface area contributed by atoms with Crippen molar-refractivity contribution in [1.82, 2.24) is 0 Å². The normalized spacial score (nSPS) is 36.9. The van der Waals surface area contributed by atoms with Crippen LogP contribution in [-0.4, -0.2) is 18.6 Å². The van der Waals surface area contributed by atoms with E-state index in [9.17, 15) is 4.79 Å². The van der Waals surface area contributed by atoms with Crippen LogP contribution in [0.3, 0.4) is 0 Å². The molecule has 4 rings (SSSR count). The van der Waals surface area contributed by atoms with Crippen molar-refractivity contribution in [3.05, 3.63) is 0 Å². The second-order valence-corrected chi connectivity index (χ2v) is 7.69. The molecule has 0 amide bonds. The summed E-state index contributed by atoms with van der Waals surface area (Å²) >= 11 is 0. The fourth-order valence-corrected chi connectivity index (χ4v) is 5.22. The van der Waals surface area contributed by atoms with Crippen LogP contribution in [0.4, 0.5) is 0 Å². The minimum atomic E-state index is 0.0614. The number of ether oxygens (including phenoxy) is 1. The van der Waals surface area contributed by atoms with E-state index in [0.29, 0.717) is 18.3 Å². The molecule has 0 aromatic rings. The zero-order valence-electron chi connectivity index (χ0n) is 13.3. The van der Waals surface area contributed by atoms with Crippen molar-refractivity contribution in [3.8, 4) is 0 Å². The largest absolute Gasteiger partial charge is 0.462 e. The SMILES string of the molecule is NCCCCCCCC(=O)OC1C2CC3CC(C2)CC1C3. The standard InChI is InChI=1S/C18H31NO2/c19-7-5-3-1-2-4-6-17(20)21-18-15-9-13-8-14(11-15)12-16(18)10-13/h13-16,18H,1-12,19H2. The predicted molar refractivity (Wildman–Crippen MR) is 83.7 cm³/mol. The molecule has 120 valence electrons. The Bertz CT molecular complexity index is 327. The molecule has 0 radical (unpaired) electrons. The van der Waals surface area contributed by atoms with Gasteiger partial charge in [-0.05, 0) is 75.2 Å². The Balaban J connectivity index is 1.35. The van der Waals surface area contributed by atoms with Crippen LogP contribution < -0.4 is 5.73 Å². The second kappa shape index (κ2) is 7.13. The lowest BCUT2D eigenvalue weighted by atomic mass is 9.55. The number of carbonyl (C=O) groups excluding carboxylic acids is 1. The molecule has 3 nitrogen and oxygen atoms in total. The summed E-state index contributed by atoms with van der Waals surface area (Å²) in [7, 11) is 0. The summed E-state index contributed by atoms with van der Waals surface area (Å²) in [5, 5.41) is 0. The maximum Gasteiger partial charge on any atom is 0.306 e. The molecule has 0 aromatic heterocycles. The van der Waals surface area contributed by atoms with E-state index >= 15 is 0 Å². The van der Waals surface area contributed by atoms with Gasteiger partial charge in [0.25, 0.3) is 0 Å². The highest BCUT2D eigenvalue weighted by molar-refractivity contribution is 5.69. The molecule has 0 saturated heterocycles. The number of carbonyl (C=O) groups is 1. The van der Waals surface area contributed by atoms with E-state index in [1.807, 2.05) is 0 Å². The number of esters is 1. The molecule has 0 spiro atoms. The van der Waals surface area contributed by atoms with Crippen LogP contribution in [0.5, 0.6) is 0 Å². The van der Waals surface area contributed by atoms with E-state index in [-0.39, 0.29) is 12.1 Å². The van der Waals surface area contributed by atoms with Crippen molar-refractivity contribution in [1.29, 1.82) is 0 Å². The fourth-order valence-electron chi connectivity index (χ4n) is 5.22. The van der Waals surface area contributed by atoms with Gasteiger partial charge in [-0.2, -0.15) is 0 Å². The third-order valence-electron chi connectivity index (χ3n) is 5.99. The Labute approximate surface area is 129 Å². The Kier molecular flexibility index (Phi) is 5.20. The second-order valence-electron chi connectivity index (χ2n) is 7.69. The number of hydrogen-bond donors (Lipinski definition) is 1. The Hall–Kier alpha value is -0.570. The molecule has 4 aliphatic rings. The minimum absolute atomic E-state index is 0.0614. The van der Waals surface area contributed by atoms with Crippen LogP contribution in [0.25, 0.3) is 0 Å². The van der Waals surface area contributed by atoms with Crippen LogP contribution in [0.2, 0.25) is 0 Å². The highest BCUT2D eigenvalue weighted by Crippen LogP contribution is 2.54. The number of hydrogen-bond acceptors (Lipinski definition) is 3. The van der Waals surface area contributed by atoms with Gasteiger partial charge in [-0.25, -0.2) is 0 Å². The number of rotatable bonds is 8. The monoisotopic (exact) mass is 293 g/mol. The average molecular weight is 293 g/mol. The van der Waals surface area contributed by atoms with E-state index in [1.165, 1.54) is 44.9 Å². The summed E-state index contributed by atoms with van der Waals surface area (Å²) in [6, 6.07) is 0. The van der Waals surface area contributed by atoms with Gasteiger partial charge >= 0.3 is 5.97 Å².